The molecule has 0 aliphatic heterocycles. The van der Waals surface area contributed by atoms with E-state index in [0.29, 0.717) is 28.2 Å². The van der Waals surface area contributed by atoms with E-state index in [1.165, 1.54) is 6.20 Å². The first kappa shape index (κ1) is 20.6. The fraction of sp³-hybridized carbons (Fsp3) is 0.227. The number of aromatic nitrogens is 1. The summed E-state index contributed by atoms with van der Waals surface area (Å²) in [5.74, 6) is -0.627. The van der Waals surface area contributed by atoms with Crippen LogP contribution in [0.25, 0.3) is 10.9 Å². The number of para-hydroxylation sites is 1. The molecular weight excluding hydrogens is 390 g/mol. The van der Waals surface area contributed by atoms with Crippen LogP contribution in [-0.4, -0.2) is 16.4 Å². The van der Waals surface area contributed by atoms with Crippen LogP contribution in [0.1, 0.15) is 36.5 Å². The van der Waals surface area contributed by atoms with Crippen LogP contribution in [0.4, 0.5) is 11.4 Å². The number of amides is 2. The lowest BCUT2D eigenvalue weighted by Gasteiger charge is -2.11. The molecule has 7 heteroatoms. The Balaban J connectivity index is 1.80. The largest absolute Gasteiger partial charge is 0.350 e. The second-order valence-electron chi connectivity index (χ2n) is 6.80. The number of aryl methyl sites for hydroxylation is 1. The van der Waals surface area contributed by atoms with Crippen LogP contribution >= 0.6 is 11.6 Å². The van der Waals surface area contributed by atoms with Gasteiger partial charge in [0.15, 0.2) is 0 Å². The molecule has 1 aromatic heterocycles. The molecule has 0 saturated carbocycles. The predicted octanol–water partition coefficient (Wildman–Crippen LogP) is 4.57. The molecule has 2 amide bonds. The Kier molecular flexibility index (Phi) is 6.34. The number of nitrogens with one attached hydrogen (secondary N) is 2. The Morgan fingerprint density at radius 2 is 1.86 bits per heavy atom. The molecule has 0 unspecified atom stereocenters. The maximum absolute atomic E-state index is 12.7. The normalized spacial score (nSPS) is 10.7. The summed E-state index contributed by atoms with van der Waals surface area (Å²) in [6, 6.07) is 11.9. The van der Waals surface area contributed by atoms with Crippen molar-refractivity contribution in [1.29, 1.82) is 0 Å². The third-order valence-electron chi connectivity index (χ3n) is 4.60. The summed E-state index contributed by atoms with van der Waals surface area (Å²) in [4.78, 5) is 37.3. The molecule has 150 valence electrons. The van der Waals surface area contributed by atoms with Gasteiger partial charge in [0.05, 0.1) is 16.2 Å². The Labute approximate surface area is 173 Å². The number of anilines is 2. The van der Waals surface area contributed by atoms with Crippen LogP contribution < -0.4 is 16.1 Å². The number of unbranched alkanes of at least 4 members (excludes halogenated alkanes) is 1. The monoisotopic (exact) mass is 411 g/mol. The van der Waals surface area contributed by atoms with Crippen molar-refractivity contribution >= 4 is 45.7 Å². The van der Waals surface area contributed by atoms with Crippen molar-refractivity contribution in [3.63, 3.8) is 0 Å². The van der Waals surface area contributed by atoms with Gasteiger partial charge in [-0.25, -0.2) is 0 Å². The molecule has 29 heavy (non-hydrogen) atoms. The standard InChI is InChI=1S/C22H22ClN3O3/c1-3-4-9-20(27)25-18-11-10-14(12-17(18)23)24-22(29)16-13-26(2)19-8-6-5-7-15(19)21(16)28/h5-8,10-13H,3-4,9H2,1-2H3,(H,24,29)(H,25,27). The molecule has 0 fully saturated rings. The van der Waals surface area contributed by atoms with Gasteiger partial charge in [0.2, 0.25) is 11.3 Å². The SMILES string of the molecule is CCCCC(=O)Nc1ccc(NC(=O)c2cn(C)c3ccccc3c2=O)cc1Cl. The van der Waals surface area contributed by atoms with Crippen LogP contribution in [0.3, 0.4) is 0 Å². The van der Waals surface area contributed by atoms with Crippen molar-refractivity contribution in [1.82, 2.24) is 4.57 Å². The zero-order valence-corrected chi connectivity index (χ0v) is 17.0. The lowest BCUT2D eigenvalue weighted by Crippen LogP contribution is -2.23. The molecule has 0 atom stereocenters. The van der Waals surface area contributed by atoms with E-state index in [4.69, 9.17) is 11.6 Å². The van der Waals surface area contributed by atoms with Crippen LogP contribution in [-0.2, 0) is 11.8 Å². The lowest BCUT2D eigenvalue weighted by atomic mass is 10.1. The van der Waals surface area contributed by atoms with Gasteiger partial charge in [-0.3, -0.25) is 14.4 Å². The number of benzene rings is 2. The van der Waals surface area contributed by atoms with Gasteiger partial charge in [0.25, 0.3) is 5.91 Å². The predicted molar refractivity (Wildman–Crippen MR) is 117 cm³/mol. The average molecular weight is 412 g/mol. The minimum absolute atomic E-state index is 0.0410. The minimum atomic E-state index is -0.521. The van der Waals surface area contributed by atoms with E-state index in [1.54, 1.807) is 41.9 Å². The van der Waals surface area contributed by atoms with Gasteiger partial charge in [-0.2, -0.15) is 0 Å². The number of pyridine rings is 1. The number of nitrogens with zero attached hydrogens (tertiary/aromatic N) is 1. The van der Waals surface area contributed by atoms with Crippen molar-refractivity contribution < 1.29 is 9.59 Å². The van der Waals surface area contributed by atoms with Gasteiger partial charge in [-0.05, 0) is 36.8 Å². The maximum Gasteiger partial charge on any atom is 0.261 e. The molecule has 0 aliphatic rings. The smallest absolute Gasteiger partial charge is 0.261 e. The van der Waals surface area contributed by atoms with E-state index >= 15 is 0 Å². The fourth-order valence-electron chi connectivity index (χ4n) is 3.04. The quantitative estimate of drug-likeness (QED) is 0.623. The van der Waals surface area contributed by atoms with Crippen LogP contribution in [0.15, 0.2) is 53.5 Å². The Bertz CT molecular complexity index is 1140. The number of rotatable bonds is 6. The second kappa shape index (κ2) is 8.92. The molecule has 0 aliphatic carbocycles. The zero-order chi connectivity index (χ0) is 21.0. The van der Waals surface area contributed by atoms with E-state index in [0.717, 1.165) is 18.4 Å². The molecule has 1 heterocycles. The van der Waals surface area contributed by atoms with Gasteiger partial charge in [-0.15, -0.1) is 0 Å². The molecule has 0 bridgehead atoms. The summed E-state index contributed by atoms with van der Waals surface area (Å²) < 4.78 is 1.74. The van der Waals surface area contributed by atoms with E-state index in [-0.39, 0.29) is 16.9 Å². The Morgan fingerprint density at radius 3 is 2.59 bits per heavy atom. The highest BCUT2D eigenvalue weighted by Crippen LogP contribution is 2.26. The summed E-state index contributed by atoms with van der Waals surface area (Å²) in [7, 11) is 1.78. The molecule has 6 nitrogen and oxygen atoms in total. The Hall–Kier alpha value is -3.12. The number of hydrogen-bond donors (Lipinski definition) is 2. The van der Waals surface area contributed by atoms with E-state index < -0.39 is 5.91 Å². The molecule has 3 aromatic rings. The first-order valence-corrected chi connectivity index (χ1v) is 9.77. The molecule has 0 saturated heterocycles. The summed E-state index contributed by atoms with van der Waals surface area (Å²) in [6.07, 6.45) is 3.68. The third kappa shape index (κ3) is 4.66. The lowest BCUT2D eigenvalue weighted by molar-refractivity contribution is -0.116. The summed E-state index contributed by atoms with van der Waals surface area (Å²) >= 11 is 6.24. The van der Waals surface area contributed by atoms with Crippen molar-refractivity contribution in [3.8, 4) is 0 Å². The molecule has 3 rings (SSSR count). The summed E-state index contributed by atoms with van der Waals surface area (Å²) in [5.41, 5.74) is 1.37. The van der Waals surface area contributed by atoms with Crippen molar-refractivity contribution in [2.75, 3.05) is 10.6 Å². The van der Waals surface area contributed by atoms with E-state index in [1.807, 2.05) is 19.1 Å². The molecule has 2 aromatic carbocycles. The Morgan fingerprint density at radius 1 is 1.10 bits per heavy atom. The second-order valence-corrected chi connectivity index (χ2v) is 7.21. The third-order valence-corrected chi connectivity index (χ3v) is 4.91. The van der Waals surface area contributed by atoms with Gasteiger partial charge in [0, 0.05) is 30.7 Å². The molecular formula is C22H22ClN3O3. The summed E-state index contributed by atoms with van der Waals surface area (Å²) in [5, 5.41) is 6.24. The number of fused-ring (bicyclic) bond motifs is 1. The first-order chi connectivity index (χ1) is 13.9. The highest BCUT2D eigenvalue weighted by atomic mass is 35.5. The highest BCUT2D eigenvalue weighted by molar-refractivity contribution is 6.34. The van der Waals surface area contributed by atoms with Crippen molar-refractivity contribution in [2.45, 2.75) is 26.2 Å². The van der Waals surface area contributed by atoms with Gasteiger partial charge < -0.3 is 15.2 Å². The topological polar surface area (TPSA) is 80.2 Å². The molecule has 2 N–H and O–H groups in total. The van der Waals surface area contributed by atoms with Crippen LogP contribution in [0.5, 0.6) is 0 Å². The highest BCUT2D eigenvalue weighted by Gasteiger charge is 2.15. The zero-order valence-electron chi connectivity index (χ0n) is 16.3. The van der Waals surface area contributed by atoms with Gasteiger partial charge in [0.1, 0.15) is 5.56 Å². The molecule has 0 spiro atoms. The minimum Gasteiger partial charge on any atom is -0.350 e. The van der Waals surface area contributed by atoms with E-state index in [2.05, 4.69) is 10.6 Å². The van der Waals surface area contributed by atoms with Gasteiger partial charge >= 0.3 is 0 Å². The number of carbonyl (C=O) groups is 2. The van der Waals surface area contributed by atoms with E-state index in [9.17, 15) is 14.4 Å². The number of carbonyl (C=O) groups excluding carboxylic acids is 2. The number of hydrogen-bond acceptors (Lipinski definition) is 3. The van der Waals surface area contributed by atoms with Crippen molar-refractivity contribution in [3.05, 3.63) is 69.5 Å². The fourth-order valence-corrected chi connectivity index (χ4v) is 3.27. The van der Waals surface area contributed by atoms with Crippen LogP contribution in [0, 0.1) is 0 Å². The summed E-state index contributed by atoms with van der Waals surface area (Å²) in [6.45, 7) is 2.01. The van der Waals surface area contributed by atoms with Gasteiger partial charge in [-0.1, -0.05) is 37.1 Å². The first-order valence-electron chi connectivity index (χ1n) is 9.40. The number of halogens is 1. The van der Waals surface area contributed by atoms with Crippen molar-refractivity contribution in [2.24, 2.45) is 7.05 Å². The average Bonchev–Trinajstić information content (AvgIpc) is 2.71. The molecule has 0 radical (unpaired) electrons. The maximum atomic E-state index is 12.7. The van der Waals surface area contributed by atoms with Crippen LogP contribution in [0.2, 0.25) is 5.02 Å².